The third kappa shape index (κ3) is 2.70. The van der Waals surface area contributed by atoms with Crippen LogP contribution >= 0.6 is 15.9 Å². The van der Waals surface area contributed by atoms with E-state index in [-0.39, 0.29) is 5.95 Å². The summed E-state index contributed by atoms with van der Waals surface area (Å²) < 4.78 is 1.03. The van der Waals surface area contributed by atoms with Gasteiger partial charge < -0.3 is 5.73 Å². The summed E-state index contributed by atoms with van der Waals surface area (Å²) in [6.07, 6.45) is 0. The summed E-state index contributed by atoms with van der Waals surface area (Å²) in [4.78, 5) is 8.62. The number of hydrogen-bond donors (Lipinski definition) is 1. The second kappa shape index (κ2) is 5.43. The van der Waals surface area contributed by atoms with Crippen molar-refractivity contribution >= 4 is 21.9 Å². The van der Waals surface area contributed by atoms with E-state index in [1.54, 1.807) is 0 Å². The van der Waals surface area contributed by atoms with E-state index in [2.05, 4.69) is 25.9 Å². The molecule has 0 saturated heterocycles. The Hall–Kier alpha value is -2.20. The highest BCUT2D eigenvalue weighted by Crippen LogP contribution is 2.25. The van der Waals surface area contributed by atoms with Crippen LogP contribution in [0.5, 0.6) is 0 Å². The topological polar surface area (TPSA) is 51.8 Å². The normalized spacial score (nSPS) is 10.4. The molecule has 0 unspecified atom stereocenters. The molecule has 1 aromatic heterocycles. The highest BCUT2D eigenvalue weighted by atomic mass is 79.9. The van der Waals surface area contributed by atoms with Gasteiger partial charge in [-0.3, -0.25) is 0 Å². The molecule has 0 radical (unpaired) electrons. The number of benzene rings is 2. The quantitative estimate of drug-likeness (QED) is 0.769. The Morgan fingerprint density at radius 3 is 1.90 bits per heavy atom. The Kier molecular flexibility index (Phi) is 3.48. The number of hydrogen-bond acceptors (Lipinski definition) is 3. The fourth-order valence-corrected chi connectivity index (χ4v) is 2.26. The van der Waals surface area contributed by atoms with Gasteiger partial charge in [-0.15, -0.1) is 0 Å². The lowest BCUT2D eigenvalue weighted by molar-refractivity contribution is 1.19. The van der Waals surface area contributed by atoms with Gasteiger partial charge >= 0.3 is 0 Å². The minimum absolute atomic E-state index is 0.282. The van der Waals surface area contributed by atoms with E-state index in [4.69, 9.17) is 5.73 Å². The Labute approximate surface area is 125 Å². The van der Waals surface area contributed by atoms with Crippen molar-refractivity contribution in [1.82, 2.24) is 9.97 Å². The molecule has 0 fully saturated rings. The number of nitrogen functional groups attached to an aromatic ring is 1. The van der Waals surface area contributed by atoms with Crippen molar-refractivity contribution in [2.45, 2.75) is 0 Å². The van der Waals surface area contributed by atoms with Gasteiger partial charge in [-0.05, 0) is 18.2 Å². The van der Waals surface area contributed by atoms with Crippen LogP contribution in [0.15, 0.2) is 65.1 Å². The van der Waals surface area contributed by atoms with Gasteiger partial charge in [-0.25, -0.2) is 9.97 Å². The first kappa shape index (κ1) is 12.8. The van der Waals surface area contributed by atoms with Gasteiger partial charge in [0.2, 0.25) is 5.95 Å². The highest BCUT2D eigenvalue weighted by molar-refractivity contribution is 9.10. The number of nitrogens with two attached hydrogens (primary N) is 1. The molecule has 3 nitrogen and oxygen atoms in total. The van der Waals surface area contributed by atoms with Crippen molar-refractivity contribution in [2.24, 2.45) is 0 Å². The van der Waals surface area contributed by atoms with Crippen LogP contribution < -0.4 is 5.73 Å². The first-order chi connectivity index (χ1) is 9.72. The van der Waals surface area contributed by atoms with Crippen LogP contribution in [0.3, 0.4) is 0 Å². The fourth-order valence-electron chi connectivity index (χ4n) is 1.99. The Morgan fingerprint density at radius 2 is 1.30 bits per heavy atom. The molecule has 3 rings (SSSR count). The Balaban J connectivity index is 2.09. The molecule has 0 aliphatic carbocycles. The largest absolute Gasteiger partial charge is 0.368 e. The lowest BCUT2D eigenvalue weighted by Crippen LogP contribution is -1.98. The van der Waals surface area contributed by atoms with E-state index in [1.165, 1.54) is 0 Å². The molecule has 0 saturated carbocycles. The SMILES string of the molecule is Nc1nc(-c2ccccc2)cc(-c2ccc(Br)cc2)n1. The van der Waals surface area contributed by atoms with E-state index in [9.17, 15) is 0 Å². The Bertz CT molecular complexity index is 724. The number of anilines is 1. The van der Waals surface area contributed by atoms with Crippen molar-refractivity contribution < 1.29 is 0 Å². The van der Waals surface area contributed by atoms with E-state index >= 15 is 0 Å². The van der Waals surface area contributed by atoms with E-state index in [0.717, 1.165) is 27.0 Å². The molecule has 0 bridgehead atoms. The van der Waals surface area contributed by atoms with E-state index in [0.29, 0.717) is 0 Å². The summed E-state index contributed by atoms with van der Waals surface area (Å²) >= 11 is 3.43. The maximum atomic E-state index is 5.83. The summed E-state index contributed by atoms with van der Waals surface area (Å²) in [6, 6.07) is 19.9. The third-order valence-corrected chi connectivity index (χ3v) is 3.48. The van der Waals surface area contributed by atoms with Crippen molar-refractivity contribution in [1.29, 1.82) is 0 Å². The third-order valence-electron chi connectivity index (χ3n) is 2.95. The maximum Gasteiger partial charge on any atom is 0.221 e. The maximum absolute atomic E-state index is 5.83. The van der Waals surface area contributed by atoms with Crippen LogP contribution in [0.25, 0.3) is 22.5 Å². The molecule has 0 aliphatic rings. The predicted octanol–water partition coefficient (Wildman–Crippen LogP) is 4.16. The predicted molar refractivity (Wildman–Crippen MR) is 85.0 cm³/mol. The van der Waals surface area contributed by atoms with Crippen molar-refractivity contribution in [3.05, 3.63) is 65.1 Å². The average molecular weight is 326 g/mol. The zero-order valence-electron chi connectivity index (χ0n) is 10.6. The van der Waals surface area contributed by atoms with Crippen LogP contribution in [-0.2, 0) is 0 Å². The number of rotatable bonds is 2. The van der Waals surface area contributed by atoms with Gasteiger partial charge in [0.1, 0.15) is 0 Å². The summed E-state index contributed by atoms with van der Waals surface area (Å²) in [5.74, 6) is 0.282. The van der Waals surface area contributed by atoms with Gasteiger partial charge in [-0.1, -0.05) is 58.4 Å². The molecule has 20 heavy (non-hydrogen) atoms. The standard InChI is InChI=1S/C16H12BrN3/c17-13-8-6-12(7-9-13)15-10-14(19-16(18)20-15)11-4-2-1-3-5-11/h1-10H,(H2,18,19,20). The van der Waals surface area contributed by atoms with Crippen molar-refractivity contribution in [2.75, 3.05) is 5.73 Å². The molecule has 0 amide bonds. The highest BCUT2D eigenvalue weighted by Gasteiger charge is 2.06. The van der Waals surface area contributed by atoms with Crippen LogP contribution in [0.1, 0.15) is 0 Å². The van der Waals surface area contributed by atoms with Crippen LogP contribution in [0.2, 0.25) is 0 Å². The molecule has 0 aliphatic heterocycles. The summed E-state index contributed by atoms with van der Waals surface area (Å²) in [5, 5.41) is 0. The van der Waals surface area contributed by atoms with Crippen molar-refractivity contribution in [3.8, 4) is 22.5 Å². The molecule has 4 heteroatoms. The first-order valence-corrected chi connectivity index (χ1v) is 6.97. The lowest BCUT2D eigenvalue weighted by Gasteiger charge is -2.06. The molecule has 0 spiro atoms. The van der Waals surface area contributed by atoms with Crippen LogP contribution in [0.4, 0.5) is 5.95 Å². The Morgan fingerprint density at radius 1 is 0.750 bits per heavy atom. The second-order valence-corrected chi connectivity index (χ2v) is 5.29. The van der Waals surface area contributed by atoms with Gasteiger partial charge in [0.05, 0.1) is 11.4 Å². The zero-order chi connectivity index (χ0) is 13.9. The van der Waals surface area contributed by atoms with E-state index in [1.807, 2.05) is 60.7 Å². The molecule has 0 atom stereocenters. The lowest BCUT2D eigenvalue weighted by atomic mass is 10.1. The number of nitrogens with zero attached hydrogens (tertiary/aromatic N) is 2. The monoisotopic (exact) mass is 325 g/mol. The summed E-state index contributed by atoms with van der Waals surface area (Å²) in [5.41, 5.74) is 9.53. The first-order valence-electron chi connectivity index (χ1n) is 6.18. The van der Waals surface area contributed by atoms with Gasteiger partial charge in [0.15, 0.2) is 0 Å². The second-order valence-electron chi connectivity index (χ2n) is 4.37. The van der Waals surface area contributed by atoms with Crippen LogP contribution in [0, 0.1) is 0 Å². The zero-order valence-corrected chi connectivity index (χ0v) is 12.2. The molecule has 2 aromatic carbocycles. The van der Waals surface area contributed by atoms with E-state index < -0.39 is 0 Å². The molecule has 1 heterocycles. The molecule has 2 N–H and O–H groups in total. The smallest absolute Gasteiger partial charge is 0.221 e. The molecular weight excluding hydrogens is 314 g/mol. The van der Waals surface area contributed by atoms with Crippen LogP contribution in [-0.4, -0.2) is 9.97 Å². The van der Waals surface area contributed by atoms with Gasteiger partial charge in [0, 0.05) is 15.6 Å². The summed E-state index contributed by atoms with van der Waals surface area (Å²) in [6.45, 7) is 0. The molecular formula is C16H12BrN3. The fraction of sp³-hybridized carbons (Fsp3) is 0. The number of aromatic nitrogens is 2. The average Bonchev–Trinajstić information content (AvgIpc) is 2.48. The van der Waals surface area contributed by atoms with Crippen molar-refractivity contribution in [3.63, 3.8) is 0 Å². The molecule has 3 aromatic rings. The minimum atomic E-state index is 0.282. The minimum Gasteiger partial charge on any atom is -0.368 e. The van der Waals surface area contributed by atoms with Gasteiger partial charge in [0.25, 0.3) is 0 Å². The van der Waals surface area contributed by atoms with Gasteiger partial charge in [-0.2, -0.15) is 0 Å². The number of halogens is 1. The molecule has 98 valence electrons. The summed E-state index contributed by atoms with van der Waals surface area (Å²) in [7, 11) is 0.